The van der Waals surface area contributed by atoms with E-state index in [1.165, 1.54) is 12.0 Å². The number of ether oxygens (including phenoxy) is 1. The maximum Gasteiger partial charge on any atom is 0.409 e. The van der Waals surface area contributed by atoms with Gasteiger partial charge < -0.3 is 19.8 Å². The van der Waals surface area contributed by atoms with Crippen LogP contribution in [-0.2, 0) is 14.3 Å². The van der Waals surface area contributed by atoms with E-state index in [0.29, 0.717) is 0 Å². The summed E-state index contributed by atoms with van der Waals surface area (Å²) < 4.78 is 4.46. The zero-order valence-electron chi connectivity index (χ0n) is 8.75. The van der Waals surface area contributed by atoms with Gasteiger partial charge in [-0.1, -0.05) is 0 Å². The van der Waals surface area contributed by atoms with Gasteiger partial charge in [0.25, 0.3) is 0 Å². The van der Waals surface area contributed by atoms with Crippen molar-refractivity contribution in [1.82, 2.24) is 4.90 Å². The van der Waals surface area contributed by atoms with E-state index in [4.69, 9.17) is 10.2 Å². The third-order valence-corrected chi connectivity index (χ3v) is 2.68. The summed E-state index contributed by atoms with van der Waals surface area (Å²) in [6.45, 7) is 0.0758. The normalized spacial score (nSPS) is 24.9. The SMILES string of the molecule is COC(=O)N1CCC(C(=O)O)C(C(=O)O)C1. The van der Waals surface area contributed by atoms with Gasteiger partial charge in [0.05, 0.1) is 18.9 Å². The summed E-state index contributed by atoms with van der Waals surface area (Å²) in [5.74, 6) is -4.37. The maximum atomic E-state index is 11.2. The van der Waals surface area contributed by atoms with Gasteiger partial charge in [0, 0.05) is 13.1 Å². The highest BCUT2D eigenvalue weighted by molar-refractivity contribution is 5.81. The Labute approximate surface area is 91.6 Å². The van der Waals surface area contributed by atoms with Crippen LogP contribution in [0.25, 0.3) is 0 Å². The number of nitrogens with zero attached hydrogens (tertiary/aromatic N) is 1. The van der Waals surface area contributed by atoms with Crippen LogP contribution in [0.4, 0.5) is 4.79 Å². The summed E-state index contributed by atoms with van der Waals surface area (Å²) >= 11 is 0. The van der Waals surface area contributed by atoms with Crippen LogP contribution in [0, 0.1) is 11.8 Å². The predicted molar refractivity (Wildman–Crippen MR) is 50.8 cm³/mol. The molecule has 0 aromatic rings. The van der Waals surface area contributed by atoms with Crippen LogP contribution in [0.3, 0.4) is 0 Å². The molecule has 0 aliphatic carbocycles. The molecule has 1 aliphatic rings. The van der Waals surface area contributed by atoms with Crippen molar-refractivity contribution in [3.05, 3.63) is 0 Å². The molecule has 1 fully saturated rings. The highest BCUT2D eigenvalue weighted by Crippen LogP contribution is 2.24. The monoisotopic (exact) mass is 231 g/mol. The molecule has 16 heavy (non-hydrogen) atoms. The molecule has 2 unspecified atom stereocenters. The first kappa shape index (κ1) is 12.3. The van der Waals surface area contributed by atoms with Gasteiger partial charge in [0.1, 0.15) is 0 Å². The van der Waals surface area contributed by atoms with Gasteiger partial charge in [-0.2, -0.15) is 0 Å². The number of carbonyl (C=O) groups is 3. The summed E-state index contributed by atoms with van der Waals surface area (Å²) in [6, 6.07) is 0. The van der Waals surface area contributed by atoms with Gasteiger partial charge in [-0.05, 0) is 6.42 Å². The van der Waals surface area contributed by atoms with Crippen LogP contribution in [0.5, 0.6) is 0 Å². The van der Waals surface area contributed by atoms with E-state index in [2.05, 4.69) is 4.74 Å². The number of carboxylic acid groups (broad SMARTS) is 2. The molecule has 7 heteroatoms. The highest BCUT2D eigenvalue weighted by Gasteiger charge is 2.40. The lowest BCUT2D eigenvalue weighted by Gasteiger charge is -2.33. The smallest absolute Gasteiger partial charge is 0.409 e. The lowest BCUT2D eigenvalue weighted by Crippen LogP contribution is -2.48. The van der Waals surface area contributed by atoms with Crippen LogP contribution in [0.1, 0.15) is 6.42 Å². The minimum Gasteiger partial charge on any atom is -0.481 e. The van der Waals surface area contributed by atoms with E-state index in [1.54, 1.807) is 0 Å². The van der Waals surface area contributed by atoms with Crippen molar-refractivity contribution < 1.29 is 29.3 Å². The van der Waals surface area contributed by atoms with Gasteiger partial charge in [-0.3, -0.25) is 9.59 Å². The molecule has 0 aromatic carbocycles. The summed E-state index contributed by atoms with van der Waals surface area (Å²) in [6.07, 6.45) is -0.503. The molecule has 1 amide bonds. The Balaban J connectivity index is 2.76. The van der Waals surface area contributed by atoms with Crippen molar-refractivity contribution in [2.75, 3.05) is 20.2 Å². The topological polar surface area (TPSA) is 104 Å². The van der Waals surface area contributed by atoms with Crippen molar-refractivity contribution in [2.45, 2.75) is 6.42 Å². The first-order valence-corrected chi connectivity index (χ1v) is 4.76. The number of methoxy groups -OCH3 is 1. The fraction of sp³-hybridized carbons (Fsp3) is 0.667. The first-order chi connectivity index (χ1) is 7.47. The summed E-state index contributed by atoms with van der Waals surface area (Å²) in [4.78, 5) is 34.1. The minimum absolute atomic E-state index is 0.126. The van der Waals surface area contributed by atoms with E-state index in [1.807, 2.05) is 0 Å². The summed E-state index contributed by atoms with van der Waals surface area (Å²) in [7, 11) is 1.20. The highest BCUT2D eigenvalue weighted by atomic mass is 16.5. The molecule has 0 saturated carbocycles. The van der Waals surface area contributed by atoms with Crippen molar-refractivity contribution in [3.8, 4) is 0 Å². The van der Waals surface area contributed by atoms with Crippen molar-refractivity contribution in [2.24, 2.45) is 11.8 Å². The van der Waals surface area contributed by atoms with Gasteiger partial charge in [0.15, 0.2) is 0 Å². The lowest BCUT2D eigenvalue weighted by molar-refractivity contribution is -0.156. The van der Waals surface area contributed by atoms with Gasteiger partial charge in [-0.25, -0.2) is 4.79 Å². The average molecular weight is 231 g/mol. The van der Waals surface area contributed by atoms with E-state index in [9.17, 15) is 14.4 Å². The molecule has 90 valence electrons. The minimum atomic E-state index is -1.21. The maximum absolute atomic E-state index is 11.2. The Morgan fingerprint density at radius 1 is 1.19 bits per heavy atom. The van der Waals surface area contributed by atoms with Gasteiger partial charge in [0.2, 0.25) is 0 Å². The largest absolute Gasteiger partial charge is 0.481 e. The fourth-order valence-corrected chi connectivity index (χ4v) is 1.79. The lowest BCUT2D eigenvalue weighted by atomic mass is 9.86. The number of rotatable bonds is 2. The molecular formula is C9H13NO6. The zero-order chi connectivity index (χ0) is 12.3. The Kier molecular flexibility index (Phi) is 3.70. The quantitative estimate of drug-likeness (QED) is 0.685. The summed E-state index contributed by atoms with van der Waals surface area (Å²) in [5.41, 5.74) is 0. The molecule has 1 saturated heterocycles. The molecule has 2 N–H and O–H groups in total. The van der Waals surface area contributed by atoms with E-state index in [-0.39, 0.29) is 19.5 Å². The van der Waals surface area contributed by atoms with Gasteiger partial charge >= 0.3 is 18.0 Å². The second-order valence-electron chi connectivity index (χ2n) is 3.59. The molecule has 1 aliphatic heterocycles. The average Bonchev–Trinajstić information content (AvgIpc) is 2.26. The number of hydrogen-bond donors (Lipinski definition) is 2. The molecular weight excluding hydrogens is 218 g/mol. The van der Waals surface area contributed by atoms with E-state index in [0.717, 1.165) is 0 Å². The Morgan fingerprint density at radius 3 is 2.19 bits per heavy atom. The van der Waals surface area contributed by atoms with Crippen LogP contribution >= 0.6 is 0 Å². The van der Waals surface area contributed by atoms with Crippen LogP contribution < -0.4 is 0 Å². The number of amides is 1. The standard InChI is InChI=1S/C9H13NO6/c1-16-9(15)10-3-2-5(7(11)12)6(4-10)8(13)14/h5-6H,2-4H2,1H3,(H,11,12)(H,13,14). The molecule has 0 spiro atoms. The zero-order valence-corrected chi connectivity index (χ0v) is 8.75. The summed E-state index contributed by atoms with van der Waals surface area (Å²) in [5, 5.41) is 17.7. The number of carbonyl (C=O) groups excluding carboxylic acids is 1. The van der Waals surface area contributed by atoms with Gasteiger partial charge in [-0.15, -0.1) is 0 Å². The molecule has 0 bridgehead atoms. The van der Waals surface area contributed by atoms with Crippen LogP contribution in [-0.4, -0.2) is 53.3 Å². The van der Waals surface area contributed by atoms with Crippen molar-refractivity contribution in [1.29, 1.82) is 0 Å². The second-order valence-corrected chi connectivity index (χ2v) is 3.59. The second kappa shape index (κ2) is 4.82. The third-order valence-electron chi connectivity index (χ3n) is 2.68. The third kappa shape index (κ3) is 2.41. The predicted octanol–water partition coefficient (Wildman–Crippen LogP) is -0.140. The number of aliphatic carboxylic acids is 2. The fourth-order valence-electron chi connectivity index (χ4n) is 1.79. The first-order valence-electron chi connectivity index (χ1n) is 4.76. The van der Waals surface area contributed by atoms with E-state index < -0.39 is 29.9 Å². The van der Waals surface area contributed by atoms with Crippen molar-refractivity contribution >= 4 is 18.0 Å². The molecule has 7 nitrogen and oxygen atoms in total. The Morgan fingerprint density at radius 2 is 1.75 bits per heavy atom. The van der Waals surface area contributed by atoms with Crippen molar-refractivity contribution in [3.63, 3.8) is 0 Å². The van der Waals surface area contributed by atoms with E-state index >= 15 is 0 Å². The Hall–Kier alpha value is -1.79. The Bertz CT molecular complexity index is 315. The van der Waals surface area contributed by atoms with Crippen LogP contribution in [0.15, 0.2) is 0 Å². The number of likely N-dealkylation sites (tertiary alicyclic amines) is 1. The molecule has 0 radical (unpaired) electrons. The number of carboxylic acids is 2. The molecule has 0 aromatic heterocycles. The number of piperidine rings is 1. The number of hydrogen-bond acceptors (Lipinski definition) is 4. The molecule has 1 heterocycles. The molecule has 2 atom stereocenters. The molecule has 1 rings (SSSR count). The van der Waals surface area contributed by atoms with Crippen LogP contribution in [0.2, 0.25) is 0 Å².